The molecule has 1 rings (SSSR count). The molecule has 0 atom stereocenters. The molecule has 4 heteroatoms. The van der Waals surface area contributed by atoms with Crippen molar-refractivity contribution in [3.8, 4) is 0 Å². The third-order valence-electron chi connectivity index (χ3n) is 2.09. The molecule has 15 heavy (non-hydrogen) atoms. The fourth-order valence-corrected chi connectivity index (χ4v) is 1.31. The van der Waals surface area contributed by atoms with Crippen LogP contribution in [0.15, 0.2) is 24.3 Å². The standard InChI is InChI=1S/C11H14O2.Al.H2O/c1-11(2,3)9-6-4-8(5-7-9)10(12)13;;/h4-7H,1-3H3,(H,12,13);;1H2/q;+1;/p-1. The van der Waals surface area contributed by atoms with Gasteiger partial charge in [-0.25, -0.2) is 4.79 Å². The normalized spacial score (nSPS) is 10.3. The Balaban J connectivity index is 0.00000196. The highest BCUT2D eigenvalue weighted by Crippen LogP contribution is 2.22. The smallest absolute Gasteiger partial charge is 0.485 e. The second kappa shape index (κ2) is 5.32. The average molecular weight is 222 g/mol. The maximum atomic E-state index is 11.1. The maximum absolute atomic E-state index is 11.1. The first kappa shape index (κ1) is 14.2. The molecule has 1 aromatic carbocycles. The average Bonchev–Trinajstić information content (AvgIpc) is 2.15. The van der Waals surface area contributed by atoms with Gasteiger partial charge in [0.15, 0.2) is 0 Å². The second-order valence-electron chi connectivity index (χ2n) is 4.23. The van der Waals surface area contributed by atoms with Crippen LogP contribution in [0.1, 0.15) is 36.7 Å². The summed E-state index contributed by atoms with van der Waals surface area (Å²) in [7, 11) is 0. The van der Waals surface area contributed by atoms with Crippen LogP contribution in [-0.4, -0.2) is 28.1 Å². The Kier molecular flexibility index (Phi) is 5.03. The van der Waals surface area contributed by atoms with Crippen LogP contribution < -0.4 is 0 Å². The molecule has 0 amide bonds. The summed E-state index contributed by atoms with van der Waals surface area (Å²) in [4.78, 5) is 11.1. The molecule has 80 valence electrons. The minimum Gasteiger partial charge on any atom is -0.625 e. The molecule has 0 spiro atoms. The zero-order valence-electron chi connectivity index (χ0n) is 9.20. The largest absolute Gasteiger partial charge is 0.625 e. The van der Waals surface area contributed by atoms with E-state index in [1.807, 2.05) is 28.8 Å². The van der Waals surface area contributed by atoms with E-state index in [0.29, 0.717) is 5.56 Å². The van der Waals surface area contributed by atoms with Gasteiger partial charge < -0.3 is 9.26 Å². The molecular weight excluding hydrogens is 207 g/mol. The first-order valence-electron chi connectivity index (χ1n) is 4.47. The lowest BCUT2D eigenvalue weighted by Gasteiger charge is -2.18. The van der Waals surface area contributed by atoms with E-state index >= 15 is 0 Å². The molecule has 0 saturated heterocycles. The van der Waals surface area contributed by atoms with Gasteiger partial charge in [-0.15, -0.1) is 0 Å². The Morgan fingerprint density at radius 3 is 2.00 bits per heavy atom. The van der Waals surface area contributed by atoms with Crippen molar-refractivity contribution in [3.63, 3.8) is 0 Å². The van der Waals surface area contributed by atoms with Crippen LogP contribution in [0.2, 0.25) is 0 Å². The van der Waals surface area contributed by atoms with Gasteiger partial charge >= 0.3 is 22.6 Å². The third kappa shape index (κ3) is 3.67. The van der Waals surface area contributed by atoms with E-state index in [9.17, 15) is 4.79 Å². The van der Waals surface area contributed by atoms with Crippen molar-refractivity contribution in [3.05, 3.63) is 35.4 Å². The van der Waals surface area contributed by atoms with Gasteiger partial charge in [-0.2, -0.15) is 0 Å². The molecule has 3 nitrogen and oxygen atoms in total. The van der Waals surface area contributed by atoms with Gasteiger partial charge in [0.2, 0.25) is 0 Å². The zero-order chi connectivity index (χ0) is 10.8. The fourth-order valence-electron chi connectivity index (χ4n) is 1.17. The zero-order valence-corrected chi connectivity index (χ0v) is 10.4. The fraction of sp³-hybridized carbons (Fsp3) is 0.364. The minimum absolute atomic E-state index is 0. The van der Waals surface area contributed by atoms with E-state index in [0.717, 1.165) is 0 Å². The van der Waals surface area contributed by atoms with Crippen molar-refractivity contribution in [2.24, 2.45) is 0 Å². The van der Waals surface area contributed by atoms with Gasteiger partial charge in [0, 0.05) is 0 Å². The Morgan fingerprint density at radius 1 is 1.20 bits per heavy atom. The molecule has 0 fully saturated rings. The lowest BCUT2D eigenvalue weighted by Crippen LogP contribution is -2.11. The molecule has 2 N–H and O–H groups in total. The van der Waals surface area contributed by atoms with Crippen LogP contribution in [0.5, 0.6) is 0 Å². The lowest BCUT2D eigenvalue weighted by atomic mass is 9.87. The minimum atomic E-state index is -0.324. The predicted octanol–water partition coefficient (Wildman–Crippen LogP) is 1.40. The topological polar surface area (TPSA) is 57.8 Å². The lowest BCUT2D eigenvalue weighted by molar-refractivity contribution is 0.0749. The van der Waals surface area contributed by atoms with Gasteiger partial charge in [0.05, 0.1) is 5.56 Å². The van der Waals surface area contributed by atoms with Gasteiger partial charge in [-0.3, -0.25) is 0 Å². The Labute approximate surface area is 98.5 Å². The van der Waals surface area contributed by atoms with Crippen molar-refractivity contribution in [1.29, 1.82) is 0 Å². The first-order valence-corrected chi connectivity index (χ1v) is 4.94. The number of carbonyl (C=O) groups is 1. The van der Waals surface area contributed by atoms with E-state index in [1.165, 1.54) is 5.56 Å². The Bertz CT molecular complexity index is 325. The summed E-state index contributed by atoms with van der Waals surface area (Å²) in [6.45, 7) is 6.40. The van der Waals surface area contributed by atoms with Crippen molar-refractivity contribution in [2.75, 3.05) is 0 Å². The van der Waals surface area contributed by atoms with Crippen LogP contribution in [0.3, 0.4) is 0 Å². The summed E-state index contributed by atoms with van der Waals surface area (Å²) in [5.41, 5.74) is 1.90. The van der Waals surface area contributed by atoms with Crippen molar-refractivity contribution < 1.29 is 14.1 Å². The van der Waals surface area contributed by atoms with Crippen molar-refractivity contribution in [1.82, 2.24) is 0 Å². The molecule has 0 aliphatic rings. The summed E-state index contributed by atoms with van der Waals surface area (Å²) < 4.78 is 4.54. The first-order chi connectivity index (χ1) is 6.45. The molecule has 0 aromatic heterocycles. The predicted molar refractivity (Wildman–Crippen MR) is 59.9 cm³/mol. The molecule has 1 aromatic rings. The number of hydrogen-bond donors (Lipinski definition) is 0. The number of rotatable bonds is 1. The summed E-state index contributed by atoms with van der Waals surface area (Å²) >= 11 is 1.95. The number of benzene rings is 1. The SMILES string of the molecule is CC(C)(C)c1ccc(C(=O)[O][Al])cc1.O. The highest BCUT2D eigenvalue weighted by molar-refractivity contribution is 6.09. The van der Waals surface area contributed by atoms with Crippen LogP contribution >= 0.6 is 0 Å². The Morgan fingerprint density at radius 2 is 1.67 bits per heavy atom. The highest BCUT2D eigenvalue weighted by atomic mass is 27.1. The summed E-state index contributed by atoms with van der Waals surface area (Å²) in [6.07, 6.45) is 0. The molecule has 0 unspecified atom stereocenters. The van der Waals surface area contributed by atoms with Gasteiger partial charge in [-0.05, 0) is 23.1 Å². The van der Waals surface area contributed by atoms with Crippen molar-refractivity contribution >= 4 is 22.6 Å². The maximum Gasteiger partial charge on any atom is 0.485 e. The summed E-state index contributed by atoms with van der Waals surface area (Å²) in [5.74, 6) is -0.324. The van der Waals surface area contributed by atoms with Crippen molar-refractivity contribution in [2.45, 2.75) is 26.2 Å². The van der Waals surface area contributed by atoms with E-state index in [2.05, 4.69) is 24.6 Å². The van der Waals surface area contributed by atoms with E-state index < -0.39 is 0 Å². The third-order valence-corrected chi connectivity index (χ3v) is 2.31. The molecule has 0 saturated carbocycles. The van der Waals surface area contributed by atoms with Gasteiger partial charge in [-0.1, -0.05) is 32.9 Å². The summed E-state index contributed by atoms with van der Waals surface area (Å²) in [5, 5.41) is 0. The van der Waals surface area contributed by atoms with Crippen LogP contribution in [-0.2, 0) is 9.20 Å². The second-order valence-corrected chi connectivity index (χ2v) is 4.47. The summed E-state index contributed by atoms with van der Waals surface area (Å²) in [6, 6.07) is 7.48. The number of carbonyl (C=O) groups excluding carboxylic acids is 1. The van der Waals surface area contributed by atoms with Gasteiger partial charge in [0.1, 0.15) is 0 Å². The van der Waals surface area contributed by atoms with Crippen LogP contribution in [0.4, 0.5) is 0 Å². The molecule has 0 aliphatic heterocycles. The molecule has 0 bridgehead atoms. The quantitative estimate of drug-likeness (QED) is 0.674. The highest BCUT2D eigenvalue weighted by Gasteiger charge is 2.13. The Hall–Kier alpha value is -0.818. The van der Waals surface area contributed by atoms with E-state index in [1.54, 1.807) is 12.1 Å². The van der Waals surface area contributed by atoms with Crippen LogP contribution in [0.25, 0.3) is 0 Å². The molecule has 0 heterocycles. The number of hydrogen-bond acceptors (Lipinski definition) is 2. The van der Waals surface area contributed by atoms with Crippen LogP contribution in [0, 0.1) is 0 Å². The monoisotopic (exact) mass is 222 g/mol. The molecular formula is C11H15AlO3. The molecule has 0 aliphatic carbocycles. The van der Waals surface area contributed by atoms with Gasteiger partial charge in [0.25, 0.3) is 0 Å². The van der Waals surface area contributed by atoms with E-state index in [4.69, 9.17) is 0 Å². The van der Waals surface area contributed by atoms with E-state index in [-0.39, 0.29) is 16.9 Å². The molecule has 2 radical (unpaired) electrons.